The molecule has 0 radical (unpaired) electrons. The highest BCUT2D eigenvalue weighted by molar-refractivity contribution is 7.12. The summed E-state index contributed by atoms with van der Waals surface area (Å²) in [6, 6.07) is 9.26. The summed E-state index contributed by atoms with van der Waals surface area (Å²) in [5, 5.41) is 12.6. The number of hydrogen-bond acceptors (Lipinski definition) is 3. The van der Waals surface area contributed by atoms with Crippen molar-refractivity contribution < 1.29 is 14.7 Å². The van der Waals surface area contributed by atoms with E-state index in [1.54, 1.807) is 10.6 Å². The van der Waals surface area contributed by atoms with Gasteiger partial charge in [-0.05, 0) is 17.5 Å². The monoisotopic (exact) mass is 374 g/mol. The van der Waals surface area contributed by atoms with Crippen molar-refractivity contribution in [3.8, 4) is 0 Å². The number of thiophene rings is 1. The number of benzene rings is 1. The average Bonchev–Trinajstić information content (AvgIpc) is 3.22. The molecule has 0 unspecified atom stereocenters. The second kappa shape index (κ2) is 6.20. The predicted octanol–water partition coefficient (Wildman–Crippen LogP) is 3.64. The minimum absolute atomic E-state index is 0.0156. The van der Waals surface area contributed by atoms with Crippen LogP contribution in [-0.4, -0.2) is 33.0 Å². The van der Waals surface area contributed by atoms with Crippen LogP contribution in [0.4, 0.5) is 0 Å². The third kappa shape index (κ3) is 2.71. The Bertz CT molecular complexity index is 978. The zero-order valence-electron chi connectivity index (χ0n) is 13.2. The van der Waals surface area contributed by atoms with Crippen molar-refractivity contribution >= 4 is 45.7 Å². The summed E-state index contributed by atoms with van der Waals surface area (Å²) in [5.74, 6) is -0.890. The fourth-order valence-electron chi connectivity index (χ4n) is 3.50. The zero-order valence-corrected chi connectivity index (χ0v) is 14.8. The second-order valence-electron chi connectivity index (χ2n) is 6.00. The quantitative estimate of drug-likeness (QED) is 0.761. The van der Waals surface area contributed by atoms with Crippen molar-refractivity contribution in [3.63, 3.8) is 0 Å². The Morgan fingerprint density at radius 1 is 1.24 bits per heavy atom. The molecule has 3 aromatic rings. The Kier molecular flexibility index (Phi) is 4.01. The standard InChI is InChI=1S/C18H15ClN2O3S/c19-13-4-1-3-11-12-9-20(18(24)15-5-2-8-25-15)7-6-14(12)21(17(11)13)10-16(22)23/h1-5,8H,6-7,9-10H2,(H,22,23). The fourth-order valence-corrected chi connectivity index (χ4v) is 4.47. The van der Waals surface area contributed by atoms with Gasteiger partial charge in [-0.1, -0.05) is 29.8 Å². The number of carboxylic acids is 1. The molecule has 25 heavy (non-hydrogen) atoms. The van der Waals surface area contributed by atoms with E-state index >= 15 is 0 Å². The molecule has 0 aliphatic carbocycles. The van der Waals surface area contributed by atoms with Gasteiger partial charge in [0.25, 0.3) is 5.91 Å². The molecule has 5 nitrogen and oxygen atoms in total. The van der Waals surface area contributed by atoms with Gasteiger partial charge >= 0.3 is 5.97 Å². The summed E-state index contributed by atoms with van der Waals surface area (Å²) in [4.78, 5) is 26.5. The van der Waals surface area contributed by atoms with Crippen molar-refractivity contribution in [2.75, 3.05) is 6.54 Å². The highest BCUT2D eigenvalue weighted by Crippen LogP contribution is 2.35. The van der Waals surface area contributed by atoms with Crippen molar-refractivity contribution in [2.45, 2.75) is 19.5 Å². The molecule has 1 aliphatic heterocycles. The van der Waals surface area contributed by atoms with E-state index in [2.05, 4.69) is 0 Å². The van der Waals surface area contributed by atoms with Crippen LogP contribution in [0.25, 0.3) is 10.9 Å². The number of aromatic nitrogens is 1. The number of carboxylic acid groups (broad SMARTS) is 1. The van der Waals surface area contributed by atoms with Crippen LogP contribution in [0.1, 0.15) is 20.9 Å². The summed E-state index contributed by atoms with van der Waals surface area (Å²) in [7, 11) is 0. The van der Waals surface area contributed by atoms with E-state index in [0.29, 0.717) is 24.5 Å². The molecule has 7 heteroatoms. The second-order valence-corrected chi connectivity index (χ2v) is 7.35. The summed E-state index contributed by atoms with van der Waals surface area (Å²) in [6.07, 6.45) is 0.616. The van der Waals surface area contributed by atoms with Gasteiger partial charge in [-0.3, -0.25) is 9.59 Å². The van der Waals surface area contributed by atoms with Crippen LogP contribution in [0.3, 0.4) is 0 Å². The van der Waals surface area contributed by atoms with E-state index in [1.165, 1.54) is 11.3 Å². The Morgan fingerprint density at radius 2 is 2.08 bits per heavy atom. The summed E-state index contributed by atoms with van der Waals surface area (Å²) >= 11 is 7.78. The van der Waals surface area contributed by atoms with Crippen LogP contribution in [-0.2, 0) is 24.3 Å². The maximum absolute atomic E-state index is 12.7. The molecule has 2 aromatic heterocycles. The molecule has 1 aromatic carbocycles. The average molecular weight is 375 g/mol. The molecule has 0 saturated heterocycles. The number of nitrogens with zero attached hydrogens (tertiary/aromatic N) is 2. The first-order valence-corrected chi connectivity index (χ1v) is 9.15. The molecule has 1 N–H and O–H groups in total. The number of para-hydroxylation sites is 1. The number of rotatable bonds is 3. The number of aliphatic carboxylic acids is 1. The fraction of sp³-hybridized carbons (Fsp3) is 0.222. The lowest BCUT2D eigenvalue weighted by Gasteiger charge is -2.27. The molecule has 3 heterocycles. The maximum Gasteiger partial charge on any atom is 0.323 e. The van der Waals surface area contributed by atoms with Gasteiger partial charge < -0.3 is 14.6 Å². The van der Waals surface area contributed by atoms with Crippen molar-refractivity contribution in [1.29, 1.82) is 0 Å². The van der Waals surface area contributed by atoms with Gasteiger partial charge in [0.15, 0.2) is 0 Å². The SMILES string of the molecule is O=C(O)Cn1c2c(c3cccc(Cl)c31)CN(C(=O)c1cccs1)CC2. The molecular formula is C18H15ClN2O3S. The molecule has 0 saturated carbocycles. The first-order chi connectivity index (χ1) is 12.1. The Hall–Kier alpha value is -2.31. The van der Waals surface area contributed by atoms with Gasteiger partial charge in [0.1, 0.15) is 6.54 Å². The van der Waals surface area contributed by atoms with Crippen LogP contribution >= 0.6 is 22.9 Å². The molecule has 0 spiro atoms. The van der Waals surface area contributed by atoms with E-state index in [0.717, 1.165) is 27.0 Å². The van der Waals surface area contributed by atoms with E-state index < -0.39 is 5.97 Å². The van der Waals surface area contributed by atoms with Crippen LogP contribution in [0.5, 0.6) is 0 Å². The summed E-state index contributed by atoms with van der Waals surface area (Å²) in [6.45, 7) is 0.904. The largest absolute Gasteiger partial charge is 0.480 e. The highest BCUT2D eigenvalue weighted by Gasteiger charge is 2.28. The lowest BCUT2D eigenvalue weighted by atomic mass is 10.0. The minimum Gasteiger partial charge on any atom is -0.480 e. The number of halogens is 1. The molecule has 0 atom stereocenters. The molecule has 0 fully saturated rings. The lowest BCUT2D eigenvalue weighted by molar-refractivity contribution is -0.137. The number of carbonyl (C=O) groups is 2. The topological polar surface area (TPSA) is 62.5 Å². The highest BCUT2D eigenvalue weighted by atomic mass is 35.5. The van der Waals surface area contributed by atoms with Crippen LogP contribution < -0.4 is 0 Å². The van der Waals surface area contributed by atoms with Crippen LogP contribution in [0.2, 0.25) is 5.02 Å². The van der Waals surface area contributed by atoms with E-state index in [4.69, 9.17) is 11.6 Å². The van der Waals surface area contributed by atoms with Gasteiger partial charge in [-0.15, -0.1) is 11.3 Å². The van der Waals surface area contributed by atoms with E-state index in [9.17, 15) is 14.7 Å². The normalized spacial score (nSPS) is 13.9. The molecule has 4 rings (SSSR count). The van der Waals surface area contributed by atoms with Crippen molar-refractivity contribution in [3.05, 3.63) is 56.9 Å². The molecule has 1 amide bonds. The number of amides is 1. The van der Waals surface area contributed by atoms with Gasteiger partial charge in [0.05, 0.1) is 15.4 Å². The molecule has 0 bridgehead atoms. The van der Waals surface area contributed by atoms with Crippen molar-refractivity contribution in [1.82, 2.24) is 9.47 Å². The molecule has 128 valence electrons. The van der Waals surface area contributed by atoms with E-state index in [1.807, 2.05) is 34.5 Å². The minimum atomic E-state index is -0.906. The number of hydrogen-bond donors (Lipinski definition) is 1. The Labute approximate surface area is 153 Å². The Morgan fingerprint density at radius 3 is 2.80 bits per heavy atom. The third-order valence-corrected chi connectivity index (χ3v) is 5.70. The summed E-state index contributed by atoms with van der Waals surface area (Å²) in [5.41, 5.74) is 2.69. The molecular weight excluding hydrogens is 360 g/mol. The maximum atomic E-state index is 12.7. The van der Waals surface area contributed by atoms with Gasteiger partial charge in [-0.25, -0.2) is 0 Å². The third-order valence-electron chi connectivity index (χ3n) is 4.54. The van der Waals surface area contributed by atoms with E-state index in [-0.39, 0.29) is 12.5 Å². The zero-order chi connectivity index (χ0) is 17.6. The first-order valence-electron chi connectivity index (χ1n) is 7.89. The smallest absolute Gasteiger partial charge is 0.323 e. The number of fused-ring (bicyclic) bond motifs is 3. The summed E-state index contributed by atoms with van der Waals surface area (Å²) < 4.78 is 1.78. The van der Waals surface area contributed by atoms with Crippen LogP contribution in [0.15, 0.2) is 35.7 Å². The van der Waals surface area contributed by atoms with Gasteiger partial charge in [0, 0.05) is 36.2 Å². The molecule has 1 aliphatic rings. The van der Waals surface area contributed by atoms with Crippen LogP contribution in [0, 0.1) is 0 Å². The predicted molar refractivity (Wildman–Crippen MR) is 97.3 cm³/mol. The van der Waals surface area contributed by atoms with Crippen molar-refractivity contribution in [2.24, 2.45) is 0 Å². The number of carbonyl (C=O) groups excluding carboxylic acids is 1. The lowest BCUT2D eigenvalue weighted by Crippen LogP contribution is -2.36. The van der Waals surface area contributed by atoms with Gasteiger partial charge in [0.2, 0.25) is 0 Å². The Balaban J connectivity index is 1.80. The van der Waals surface area contributed by atoms with Gasteiger partial charge in [-0.2, -0.15) is 0 Å². The first kappa shape index (κ1) is 16.2.